The highest BCUT2D eigenvalue weighted by Gasteiger charge is 2.10. The van der Waals surface area contributed by atoms with Crippen molar-refractivity contribution < 1.29 is 14.6 Å². The first kappa shape index (κ1) is 17.2. The molecule has 0 unspecified atom stereocenters. The molecule has 2 aromatic rings. The Hall–Kier alpha value is -2.12. The summed E-state index contributed by atoms with van der Waals surface area (Å²) in [7, 11) is 1.56. The van der Waals surface area contributed by atoms with Crippen molar-refractivity contribution in [3.63, 3.8) is 0 Å². The number of hydrogen-bond acceptors (Lipinski definition) is 4. The molecule has 0 fully saturated rings. The lowest BCUT2D eigenvalue weighted by Gasteiger charge is -2.12. The SMILES string of the molecule is COc1ccc(C(=O)NC(=S)Nc2cc(C)c(O)c(Br)c2)cc1. The van der Waals surface area contributed by atoms with Crippen LogP contribution in [0.2, 0.25) is 0 Å². The fourth-order valence-electron chi connectivity index (χ4n) is 1.89. The first-order chi connectivity index (χ1) is 10.9. The summed E-state index contributed by atoms with van der Waals surface area (Å²) in [6.07, 6.45) is 0. The Morgan fingerprint density at radius 2 is 1.91 bits per heavy atom. The minimum absolute atomic E-state index is 0.169. The van der Waals surface area contributed by atoms with E-state index in [-0.39, 0.29) is 16.8 Å². The summed E-state index contributed by atoms with van der Waals surface area (Å²) in [5.74, 6) is 0.523. The van der Waals surface area contributed by atoms with Crippen molar-refractivity contribution >= 4 is 44.9 Å². The molecule has 0 saturated carbocycles. The minimum atomic E-state index is -0.320. The summed E-state index contributed by atoms with van der Waals surface area (Å²) in [5, 5.41) is 15.4. The van der Waals surface area contributed by atoms with Gasteiger partial charge < -0.3 is 15.2 Å². The molecule has 0 aliphatic heterocycles. The number of carbonyl (C=O) groups is 1. The maximum absolute atomic E-state index is 12.1. The van der Waals surface area contributed by atoms with Crippen LogP contribution in [0.5, 0.6) is 11.5 Å². The van der Waals surface area contributed by atoms with E-state index in [1.54, 1.807) is 50.4 Å². The predicted octanol–water partition coefficient (Wildman–Crippen LogP) is 3.60. The van der Waals surface area contributed by atoms with Crippen LogP contribution >= 0.6 is 28.1 Å². The quantitative estimate of drug-likeness (QED) is 0.547. The lowest BCUT2D eigenvalue weighted by molar-refractivity contribution is 0.0977. The molecule has 0 radical (unpaired) electrons. The Balaban J connectivity index is 2.02. The van der Waals surface area contributed by atoms with Gasteiger partial charge in [0.1, 0.15) is 11.5 Å². The lowest BCUT2D eigenvalue weighted by atomic mass is 10.2. The molecule has 0 aliphatic rings. The predicted molar refractivity (Wildman–Crippen MR) is 97.2 cm³/mol. The van der Waals surface area contributed by atoms with Crippen LogP contribution in [0.1, 0.15) is 15.9 Å². The fraction of sp³-hybridized carbons (Fsp3) is 0.125. The number of aryl methyl sites for hydroxylation is 1. The number of hydrogen-bond donors (Lipinski definition) is 3. The highest BCUT2D eigenvalue weighted by molar-refractivity contribution is 9.10. The average molecular weight is 395 g/mol. The molecule has 0 saturated heterocycles. The van der Waals surface area contributed by atoms with Crippen LogP contribution in [0.15, 0.2) is 40.9 Å². The van der Waals surface area contributed by atoms with E-state index < -0.39 is 0 Å². The maximum atomic E-state index is 12.1. The van der Waals surface area contributed by atoms with Gasteiger partial charge in [0.15, 0.2) is 5.11 Å². The molecule has 5 nitrogen and oxygen atoms in total. The van der Waals surface area contributed by atoms with E-state index in [2.05, 4.69) is 26.6 Å². The van der Waals surface area contributed by atoms with Crippen LogP contribution in [0.4, 0.5) is 5.69 Å². The summed E-state index contributed by atoms with van der Waals surface area (Å²) >= 11 is 8.39. The van der Waals surface area contributed by atoms with E-state index in [1.807, 2.05) is 0 Å². The number of ether oxygens (including phenoxy) is 1. The van der Waals surface area contributed by atoms with Gasteiger partial charge in [-0.15, -0.1) is 0 Å². The lowest BCUT2D eigenvalue weighted by Crippen LogP contribution is -2.34. The van der Waals surface area contributed by atoms with Crippen molar-refractivity contribution in [2.75, 3.05) is 12.4 Å². The van der Waals surface area contributed by atoms with E-state index >= 15 is 0 Å². The number of carbonyl (C=O) groups excluding carboxylic acids is 1. The van der Waals surface area contributed by atoms with E-state index in [0.717, 1.165) is 0 Å². The van der Waals surface area contributed by atoms with Crippen molar-refractivity contribution in [1.29, 1.82) is 0 Å². The Bertz CT molecular complexity index is 724. The third-order valence-corrected chi connectivity index (χ3v) is 3.90. The monoisotopic (exact) mass is 394 g/mol. The molecule has 0 heterocycles. The number of amides is 1. The van der Waals surface area contributed by atoms with Crippen molar-refractivity contribution in [2.24, 2.45) is 0 Å². The summed E-state index contributed by atoms with van der Waals surface area (Å²) < 4.78 is 5.59. The smallest absolute Gasteiger partial charge is 0.257 e. The molecule has 3 N–H and O–H groups in total. The van der Waals surface area contributed by atoms with Gasteiger partial charge in [0.25, 0.3) is 5.91 Å². The Kier molecular flexibility index (Phi) is 5.57. The molecule has 2 rings (SSSR count). The van der Waals surface area contributed by atoms with Gasteiger partial charge in [-0.25, -0.2) is 0 Å². The highest BCUT2D eigenvalue weighted by Crippen LogP contribution is 2.30. The minimum Gasteiger partial charge on any atom is -0.506 e. The molecule has 2 aromatic carbocycles. The number of aromatic hydroxyl groups is 1. The molecule has 23 heavy (non-hydrogen) atoms. The number of thiocarbonyl (C=S) groups is 1. The molecule has 120 valence electrons. The van der Waals surface area contributed by atoms with Gasteiger partial charge in [0.2, 0.25) is 0 Å². The normalized spacial score (nSPS) is 10.0. The van der Waals surface area contributed by atoms with Crippen LogP contribution in [0, 0.1) is 6.92 Å². The molecule has 0 spiro atoms. The average Bonchev–Trinajstić information content (AvgIpc) is 2.52. The number of anilines is 1. The molecular weight excluding hydrogens is 380 g/mol. The summed E-state index contributed by atoms with van der Waals surface area (Å²) in [6.45, 7) is 1.77. The molecule has 0 aromatic heterocycles. The van der Waals surface area contributed by atoms with Gasteiger partial charge in [0.05, 0.1) is 11.6 Å². The van der Waals surface area contributed by atoms with E-state index in [4.69, 9.17) is 17.0 Å². The van der Waals surface area contributed by atoms with Gasteiger partial charge in [-0.2, -0.15) is 0 Å². The van der Waals surface area contributed by atoms with Crippen LogP contribution in [0.25, 0.3) is 0 Å². The Labute approximate surface area is 147 Å². The number of rotatable bonds is 3. The van der Waals surface area contributed by atoms with Gasteiger partial charge in [-0.3, -0.25) is 10.1 Å². The Morgan fingerprint density at radius 3 is 2.48 bits per heavy atom. The standard InChI is InChI=1S/C16H15BrN2O3S/c1-9-7-11(8-13(17)14(9)20)18-16(23)19-15(21)10-3-5-12(22-2)6-4-10/h3-8,20H,1-2H3,(H2,18,19,21,23). The van der Waals surface area contributed by atoms with Crippen molar-refractivity contribution in [1.82, 2.24) is 5.32 Å². The molecule has 7 heteroatoms. The summed E-state index contributed by atoms with van der Waals surface area (Å²) in [4.78, 5) is 12.1. The van der Waals surface area contributed by atoms with Gasteiger partial charge in [-0.05, 0) is 77.0 Å². The van der Waals surface area contributed by atoms with Crippen molar-refractivity contribution in [3.05, 3.63) is 52.0 Å². The third kappa shape index (κ3) is 4.43. The number of halogens is 1. The van der Waals surface area contributed by atoms with Gasteiger partial charge >= 0.3 is 0 Å². The van der Waals surface area contributed by atoms with Gasteiger partial charge in [0, 0.05) is 11.3 Å². The molecule has 0 aliphatic carbocycles. The van der Waals surface area contributed by atoms with Crippen molar-refractivity contribution in [2.45, 2.75) is 6.92 Å². The second kappa shape index (κ2) is 7.43. The summed E-state index contributed by atoms with van der Waals surface area (Å²) in [5.41, 5.74) is 1.82. The fourth-order valence-corrected chi connectivity index (χ4v) is 2.66. The van der Waals surface area contributed by atoms with Crippen LogP contribution in [-0.4, -0.2) is 23.2 Å². The van der Waals surface area contributed by atoms with Crippen LogP contribution < -0.4 is 15.4 Å². The first-order valence-electron chi connectivity index (χ1n) is 6.66. The number of methoxy groups -OCH3 is 1. The molecule has 0 atom stereocenters. The van der Waals surface area contributed by atoms with Crippen LogP contribution in [0.3, 0.4) is 0 Å². The number of nitrogens with one attached hydrogen (secondary N) is 2. The molecule has 0 bridgehead atoms. The molecular formula is C16H15BrN2O3S. The summed E-state index contributed by atoms with van der Waals surface area (Å²) in [6, 6.07) is 10.1. The zero-order chi connectivity index (χ0) is 17.0. The largest absolute Gasteiger partial charge is 0.506 e. The number of phenolic OH excluding ortho intramolecular Hbond substituents is 1. The molecule has 1 amide bonds. The Morgan fingerprint density at radius 1 is 1.26 bits per heavy atom. The second-order valence-electron chi connectivity index (χ2n) is 4.76. The number of benzene rings is 2. The zero-order valence-electron chi connectivity index (χ0n) is 12.5. The van der Waals surface area contributed by atoms with E-state index in [1.165, 1.54) is 0 Å². The van der Waals surface area contributed by atoms with Crippen molar-refractivity contribution in [3.8, 4) is 11.5 Å². The van der Waals surface area contributed by atoms with Crippen LogP contribution in [-0.2, 0) is 0 Å². The van der Waals surface area contributed by atoms with Gasteiger partial charge in [-0.1, -0.05) is 0 Å². The second-order valence-corrected chi connectivity index (χ2v) is 6.02. The van der Waals surface area contributed by atoms with E-state index in [9.17, 15) is 9.90 Å². The zero-order valence-corrected chi connectivity index (χ0v) is 14.9. The number of phenols is 1. The first-order valence-corrected chi connectivity index (χ1v) is 7.86. The highest BCUT2D eigenvalue weighted by atomic mass is 79.9. The maximum Gasteiger partial charge on any atom is 0.257 e. The van der Waals surface area contributed by atoms with E-state index in [0.29, 0.717) is 27.0 Å². The third-order valence-electron chi connectivity index (χ3n) is 3.09. The topological polar surface area (TPSA) is 70.6 Å².